The Morgan fingerprint density at radius 1 is 1.11 bits per heavy atom. The number of rotatable bonds is 5. The van der Waals surface area contributed by atoms with Crippen molar-refractivity contribution in [2.75, 3.05) is 44.3 Å². The minimum Gasteiger partial charge on any atom is -0.490 e. The molecule has 0 spiro atoms. The molecule has 0 radical (unpaired) electrons. The van der Waals surface area contributed by atoms with E-state index >= 15 is 0 Å². The number of aromatic nitrogens is 2. The van der Waals surface area contributed by atoms with Crippen LogP contribution in [-0.2, 0) is 4.74 Å². The van der Waals surface area contributed by atoms with Gasteiger partial charge in [-0.2, -0.15) is 0 Å². The molecule has 0 N–H and O–H groups in total. The van der Waals surface area contributed by atoms with Crippen molar-refractivity contribution in [3.8, 4) is 5.75 Å². The van der Waals surface area contributed by atoms with Crippen LogP contribution in [0.2, 0.25) is 0 Å². The number of carbonyl (C=O) groups excluding carboxylic acids is 1. The standard InChI is InChI=1S/C20H24N4O3/c25-19(23-10-12-24(13-11-23)20-21-8-4-9-22-20)17-6-1-2-7-18(17)27-15-16-5-3-14-26-16/h1-2,4,6-9,16H,3,5,10-15H2/t16-/m1/s1. The highest BCUT2D eigenvalue weighted by Crippen LogP contribution is 2.23. The molecule has 1 aromatic carbocycles. The number of carbonyl (C=O) groups is 1. The van der Waals surface area contributed by atoms with Crippen LogP contribution in [0.1, 0.15) is 23.2 Å². The van der Waals surface area contributed by atoms with Gasteiger partial charge in [0.05, 0.1) is 11.7 Å². The largest absolute Gasteiger partial charge is 0.490 e. The van der Waals surface area contributed by atoms with Gasteiger partial charge in [0.2, 0.25) is 5.95 Å². The van der Waals surface area contributed by atoms with Gasteiger partial charge in [0.25, 0.3) is 5.91 Å². The molecule has 0 aliphatic carbocycles. The summed E-state index contributed by atoms with van der Waals surface area (Å²) in [5, 5.41) is 0. The first kappa shape index (κ1) is 17.7. The first-order valence-electron chi connectivity index (χ1n) is 9.46. The van der Waals surface area contributed by atoms with E-state index in [1.807, 2.05) is 29.2 Å². The fraction of sp³-hybridized carbons (Fsp3) is 0.450. The van der Waals surface area contributed by atoms with Crippen LogP contribution in [0.4, 0.5) is 5.95 Å². The average Bonchev–Trinajstić information content (AvgIpc) is 3.26. The molecule has 1 aromatic heterocycles. The Bertz CT molecular complexity index is 757. The van der Waals surface area contributed by atoms with Gasteiger partial charge in [-0.3, -0.25) is 4.79 Å². The molecule has 27 heavy (non-hydrogen) atoms. The lowest BCUT2D eigenvalue weighted by Crippen LogP contribution is -2.49. The molecular weight excluding hydrogens is 344 g/mol. The monoisotopic (exact) mass is 368 g/mol. The van der Waals surface area contributed by atoms with Gasteiger partial charge in [-0.15, -0.1) is 0 Å². The van der Waals surface area contributed by atoms with E-state index in [1.165, 1.54) is 0 Å². The van der Waals surface area contributed by atoms with Gasteiger partial charge >= 0.3 is 0 Å². The predicted molar refractivity (Wildman–Crippen MR) is 101 cm³/mol. The maximum Gasteiger partial charge on any atom is 0.257 e. The number of piperazine rings is 1. The molecule has 142 valence electrons. The van der Waals surface area contributed by atoms with Gasteiger partial charge in [0.15, 0.2) is 0 Å². The normalized spacial score (nSPS) is 19.9. The number of para-hydroxylation sites is 1. The van der Waals surface area contributed by atoms with Crippen molar-refractivity contribution in [1.82, 2.24) is 14.9 Å². The average molecular weight is 368 g/mol. The zero-order valence-corrected chi connectivity index (χ0v) is 15.3. The van der Waals surface area contributed by atoms with Crippen LogP contribution in [0, 0.1) is 0 Å². The van der Waals surface area contributed by atoms with Crippen LogP contribution in [0.15, 0.2) is 42.7 Å². The van der Waals surface area contributed by atoms with E-state index in [0.717, 1.165) is 19.4 Å². The van der Waals surface area contributed by atoms with Gasteiger partial charge in [-0.05, 0) is 31.0 Å². The molecule has 7 heteroatoms. The van der Waals surface area contributed by atoms with Crippen LogP contribution in [-0.4, -0.2) is 66.3 Å². The topological polar surface area (TPSA) is 67.8 Å². The molecule has 0 unspecified atom stereocenters. The van der Waals surface area contributed by atoms with Crippen LogP contribution < -0.4 is 9.64 Å². The Labute approximate surface area is 158 Å². The van der Waals surface area contributed by atoms with Crippen LogP contribution in [0.5, 0.6) is 5.75 Å². The molecule has 1 amide bonds. The summed E-state index contributed by atoms with van der Waals surface area (Å²) in [7, 11) is 0. The van der Waals surface area contributed by atoms with Crippen molar-refractivity contribution in [1.29, 1.82) is 0 Å². The number of benzene rings is 1. The van der Waals surface area contributed by atoms with Gasteiger partial charge in [0, 0.05) is 45.2 Å². The van der Waals surface area contributed by atoms with Crippen LogP contribution >= 0.6 is 0 Å². The number of nitrogens with zero attached hydrogens (tertiary/aromatic N) is 4. The van der Waals surface area contributed by atoms with Gasteiger partial charge in [0.1, 0.15) is 12.4 Å². The lowest BCUT2D eigenvalue weighted by atomic mass is 10.1. The van der Waals surface area contributed by atoms with Gasteiger partial charge in [-0.25, -0.2) is 9.97 Å². The summed E-state index contributed by atoms with van der Waals surface area (Å²) in [6, 6.07) is 9.26. The Morgan fingerprint density at radius 2 is 1.89 bits per heavy atom. The summed E-state index contributed by atoms with van der Waals surface area (Å²) in [4.78, 5) is 25.6. The summed E-state index contributed by atoms with van der Waals surface area (Å²) >= 11 is 0. The molecule has 2 aliphatic heterocycles. The van der Waals surface area contributed by atoms with E-state index in [4.69, 9.17) is 9.47 Å². The van der Waals surface area contributed by atoms with E-state index in [-0.39, 0.29) is 12.0 Å². The summed E-state index contributed by atoms with van der Waals surface area (Å²) in [5.41, 5.74) is 0.611. The van der Waals surface area contributed by atoms with Gasteiger partial charge < -0.3 is 19.3 Å². The predicted octanol–water partition coefficient (Wildman–Crippen LogP) is 2.00. The number of amides is 1. The fourth-order valence-electron chi connectivity index (χ4n) is 3.46. The Morgan fingerprint density at radius 3 is 2.63 bits per heavy atom. The van der Waals surface area contributed by atoms with E-state index in [0.29, 0.717) is 50.0 Å². The fourth-order valence-corrected chi connectivity index (χ4v) is 3.46. The molecule has 2 saturated heterocycles. The first-order valence-corrected chi connectivity index (χ1v) is 9.46. The lowest BCUT2D eigenvalue weighted by molar-refractivity contribution is 0.0648. The third-order valence-corrected chi connectivity index (χ3v) is 4.97. The quantitative estimate of drug-likeness (QED) is 0.804. The van der Waals surface area contributed by atoms with Crippen molar-refractivity contribution in [3.63, 3.8) is 0 Å². The zero-order valence-electron chi connectivity index (χ0n) is 15.3. The molecular formula is C20H24N4O3. The molecule has 2 fully saturated rings. The zero-order chi connectivity index (χ0) is 18.5. The minimum atomic E-state index is 0.00608. The SMILES string of the molecule is O=C(c1ccccc1OC[C@H]1CCCO1)N1CCN(c2ncccn2)CC1. The Hall–Kier alpha value is -2.67. The molecule has 2 aromatic rings. The maximum atomic E-state index is 13.0. The third-order valence-electron chi connectivity index (χ3n) is 4.97. The molecule has 2 aliphatic rings. The third kappa shape index (κ3) is 4.19. The summed E-state index contributed by atoms with van der Waals surface area (Å²) < 4.78 is 11.5. The molecule has 7 nitrogen and oxygen atoms in total. The summed E-state index contributed by atoms with van der Waals surface area (Å²) in [5.74, 6) is 1.35. The molecule has 0 saturated carbocycles. The smallest absolute Gasteiger partial charge is 0.257 e. The number of hydrogen-bond acceptors (Lipinski definition) is 6. The van der Waals surface area contributed by atoms with E-state index in [1.54, 1.807) is 18.5 Å². The lowest BCUT2D eigenvalue weighted by Gasteiger charge is -2.34. The van der Waals surface area contributed by atoms with Gasteiger partial charge in [-0.1, -0.05) is 12.1 Å². The van der Waals surface area contributed by atoms with Crippen LogP contribution in [0.25, 0.3) is 0 Å². The van der Waals surface area contributed by atoms with Crippen molar-refractivity contribution >= 4 is 11.9 Å². The van der Waals surface area contributed by atoms with E-state index < -0.39 is 0 Å². The second-order valence-corrected chi connectivity index (χ2v) is 6.77. The minimum absolute atomic E-state index is 0.00608. The molecule has 3 heterocycles. The van der Waals surface area contributed by atoms with Crippen molar-refractivity contribution in [2.24, 2.45) is 0 Å². The van der Waals surface area contributed by atoms with E-state index in [9.17, 15) is 4.79 Å². The maximum absolute atomic E-state index is 13.0. The highest BCUT2D eigenvalue weighted by Gasteiger charge is 2.25. The Balaban J connectivity index is 1.38. The van der Waals surface area contributed by atoms with Crippen LogP contribution in [0.3, 0.4) is 0 Å². The van der Waals surface area contributed by atoms with Crippen molar-refractivity contribution < 1.29 is 14.3 Å². The summed E-state index contributed by atoms with van der Waals surface area (Å²) in [6.45, 7) is 3.99. The first-order chi connectivity index (χ1) is 13.3. The second kappa shape index (κ2) is 8.35. The molecule has 1 atom stereocenters. The highest BCUT2D eigenvalue weighted by molar-refractivity contribution is 5.97. The van der Waals surface area contributed by atoms with E-state index in [2.05, 4.69) is 14.9 Å². The molecule has 0 bridgehead atoms. The number of hydrogen-bond donors (Lipinski definition) is 0. The van der Waals surface area contributed by atoms with Crippen molar-refractivity contribution in [2.45, 2.75) is 18.9 Å². The summed E-state index contributed by atoms with van der Waals surface area (Å²) in [6.07, 6.45) is 5.69. The van der Waals surface area contributed by atoms with Crippen molar-refractivity contribution in [3.05, 3.63) is 48.3 Å². The molecule has 4 rings (SSSR count). The highest BCUT2D eigenvalue weighted by atomic mass is 16.5. The second-order valence-electron chi connectivity index (χ2n) is 6.77. The Kier molecular flexibility index (Phi) is 5.48. The number of ether oxygens (including phenoxy) is 2. The number of anilines is 1.